The van der Waals surface area contributed by atoms with E-state index in [9.17, 15) is 26.3 Å². The van der Waals surface area contributed by atoms with Crippen molar-refractivity contribution in [3.63, 3.8) is 0 Å². The Morgan fingerprint density at radius 2 is 1.47 bits per heavy atom. The van der Waals surface area contributed by atoms with Gasteiger partial charge in [0.2, 0.25) is 0 Å². The number of hydrogen-bond donors (Lipinski definition) is 0. The summed E-state index contributed by atoms with van der Waals surface area (Å²) in [6.07, 6.45) is -9.84. The SMILES string of the molecule is FC(F)(F)c1cc(CCl)c(Cl)c(C(F)(F)F)c1. The van der Waals surface area contributed by atoms with Gasteiger partial charge in [0.25, 0.3) is 0 Å². The maximum atomic E-state index is 12.4. The first kappa shape index (κ1) is 14.4. The van der Waals surface area contributed by atoms with Gasteiger partial charge in [0.1, 0.15) is 0 Å². The fourth-order valence-corrected chi connectivity index (χ4v) is 1.71. The minimum Gasteiger partial charge on any atom is -0.166 e. The van der Waals surface area contributed by atoms with Gasteiger partial charge in [0, 0.05) is 5.88 Å². The molecule has 17 heavy (non-hydrogen) atoms. The molecule has 96 valence electrons. The Morgan fingerprint density at radius 1 is 0.941 bits per heavy atom. The fraction of sp³-hybridized carbons (Fsp3) is 0.333. The van der Waals surface area contributed by atoms with Gasteiger partial charge in [-0.15, -0.1) is 11.6 Å². The van der Waals surface area contributed by atoms with Crippen molar-refractivity contribution >= 4 is 23.2 Å². The van der Waals surface area contributed by atoms with Crippen molar-refractivity contribution in [3.05, 3.63) is 33.8 Å². The monoisotopic (exact) mass is 296 g/mol. The second-order valence-corrected chi connectivity index (χ2v) is 3.77. The number of hydrogen-bond acceptors (Lipinski definition) is 0. The Labute approximate surface area is 102 Å². The smallest absolute Gasteiger partial charge is 0.166 e. The second-order valence-electron chi connectivity index (χ2n) is 3.13. The fourth-order valence-electron chi connectivity index (χ4n) is 1.15. The quantitative estimate of drug-likeness (QED) is 0.499. The zero-order valence-electron chi connectivity index (χ0n) is 7.89. The zero-order valence-corrected chi connectivity index (χ0v) is 9.40. The minimum atomic E-state index is -4.96. The molecule has 0 bridgehead atoms. The van der Waals surface area contributed by atoms with Crippen molar-refractivity contribution in [2.75, 3.05) is 0 Å². The van der Waals surface area contributed by atoms with Gasteiger partial charge in [-0.25, -0.2) is 0 Å². The van der Waals surface area contributed by atoms with Crippen LogP contribution in [0.3, 0.4) is 0 Å². The van der Waals surface area contributed by atoms with Crippen LogP contribution in [0.15, 0.2) is 12.1 Å². The summed E-state index contributed by atoms with van der Waals surface area (Å²) in [5.41, 5.74) is -3.37. The average Bonchev–Trinajstić information content (AvgIpc) is 2.14. The van der Waals surface area contributed by atoms with Gasteiger partial charge in [0.05, 0.1) is 16.1 Å². The van der Waals surface area contributed by atoms with E-state index in [2.05, 4.69) is 0 Å². The van der Waals surface area contributed by atoms with E-state index in [1.807, 2.05) is 0 Å². The molecule has 0 atom stereocenters. The summed E-state index contributed by atoms with van der Waals surface area (Å²) in [7, 11) is 0. The van der Waals surface area contributed by atoms with Crippen LogP contribution in [0, 0.1) is 0 Å². The molecule has 0 saturated carbocycles. The molecule has 0 amide bonds. The van der Waals surface area contributed by atoms with Gasteiger partial charge in [-0.2, -0.15) is 26.3 Å². The van der Waals surface area contributed by atoms with Crippen molar-refractivity contribution in [2.45, 2.75) is 18.2 Å². The molecule has 0 aliphatic heterocycles. The van der Waals surface area contributed by atoms with E-state index in [0.29, 0.717) is 6.07 Å². The van der Waals surface area contributed by atoms with Gasteiger partial charge in [-0.3, -0.25) is 0 Å². The van der Waals surface area contributed by atoms with Crippen LogP contribution in [0.4, 0.5) is 26.3 Å². The molecule has 0 saturated heterocycles. The highest BCUT2D eigenvalue weighted by Gasteiger charge is 2.39. The highest BCUT2D eigenvalue weighted by Crippen LogP contribution is 2.41. The van der Waals surface area contributed by atoms with Crippen LogP contribution in [0.1, 0.15) is 16.7 Å². The predicted molar refractivity (Wildman–Crippen MR) is 51.0 cm³/mol. The van der Waals surface area contributed by atoms with Crippen LogP contribution in [-0.2, 0) is 18.2 Å². The lowest BCUT2D eigenvalue weighted by Crippen LogP contribution is -2.12. The highest BCUT2D eigenvalue weighted by molar-refractivity contribution is 6.33. The van der Waals surface area contributed by atoms with Crippen molar-refractivity contribution in [2.24, 2.45) is 0 Å². The molecule has 1 aromatic rings. The molecule has 0 radical (unpaired) electrons. The van der Waals surface area contributed by atoms with Crippen LogP contribution in [-0.4, -0.2) is 0 Å². The lowest BCUT2D eigenvalue weighted by molar-refractivity contribution is -0.143. The van der Waals surface area contributed by atoms with Gasteiger partial charge < -0.3 is 0 Å². The summed E-state index contributed by atoms with van der Waals surface area (Å²) < 4.78 is 74.4. The lowest BCUT2D eigenvalue weighted by Gasteiger charge is -2.15. The summed E-state index contributed by atoms with van der Waals surface area (Å²) in [5, 5.41) is -0.805. The standard InChI is InChI=1S/C9H4Cl2F6/c10-3-4-1-5(8(12,13)14)2-6(7(4)11)9(15,16)17/h1-2H,3H2. The van der Waals surface area contributed by atoms with Gasteiger partial charge in [-0.05, 0) is 17.7 Å². The van der Waals surface area contributed by atoms with Crippen molar-refractivity contribution in [3.8, 4) is 0 Å². The van der Waals surface area contributed by atoms with Crippen molar-refractivity contribution < 1.29 is 26.3 Å². The average molecular weight is 297 g/mol. The molecule has 0 aromatic heterocycles. The summed E-state index contributed by atoms with van der Waals surface area (Å²) in [6, 6.07) is 0.475. The molecule has 1 rings (SSSR count). The van der Waals surface area contributed by atoms with E-state index >= 15 is 0 Å². The maximum absolute atomic E-state index is 12.4. The van der Waals surface area contributed by atoms with Crippen molar-refractivity contribution in [1.82, 2.24) is 0 Å². The number of halogens is 8. The predicted octanol–water partition coefficient (Wildman–Crippen LogP) is 5.12. The van der Waals surface area contributed by atoms with Crippen LogP contribution >= 0.6 is 23.2 Å². The number of benzene rings is 1. The summed E-state index contributed by atoms with van der Waals surface area (Å²) in [5.74, 6) is -0.536. The maximum Gasteiger partial charge on any atom is 0.417 e. The molecule has 0 N–H and O–H groups in total. The Kier molecular flexibility index (Phi) is 3.88. The molecular weight excluding hydrogens is 293 g/mol. The molecule has 0 unspecified atom stereocenters. The van der Waals surface area contributed by atoms with E-state index < -0.39 is 39.9 Å². The van der Waals surface area contributed by atoms with E-state index in [1.165, 1.54) is 0 Å². The molecule has 0 spiro atoms. The molecule has 8 heteroatoms. The molecule has 0 heterocycles. The normalized spacial score (nSPS) is 12.9. The van der Waals surface area contributed by atoms with Gasteiger partial charge in [-0.1, -0.05) is 11.6 Å². The summed E-state index contributed by atoms with van der Waals surface area (Å²) in [6.45, 7) is 0. The largest absolute Gasteiger partial charge is 0.417 e. The van der Waals surface area contributed by atoms with Crippen LogP contribution < -0.4 is 0 Å². The Bertz CT molecular complexity index is 421. The Hall–Kier alpha value is -0.620. The third-order valence-corrected chi connectivity index (χ3v) is 2.66. The third kappa shape index (κ3) is 3.19. The first-order valence-electron chi connectivity index (χ1n) is 4.10. The molecule has 0 aliphatic carbocycles. The lowest BCUT2D eigenvalue weighted by atomic mass is 10.1. The summed E-state index contributed by atoms with van der Waals surface area (Å²) >= 11 is 10.6. The third-order valence-electron chi connectivity index (χ3n) is 1.92. The molecular formula is C9H4Cl2F6. The zero-order chi connectivity index (χ0) is 13.4. The molecule has 0 nitrogen and oxygen atoms in total. The van der Waals surface area contributed by atoms with E-state index in [4.69, 9.17) is 23.2 Å². The molecule has 0 fully saturated rings. The number of rotatable bonds is 1. The molecule has 1 aromatic carbocycles. The highest BCUT2D eigenvalue weighted by atomic mass is 35.5. The van der Waals surface area contributed by atoms with Crippen LogP contribution in [0.2, 0.25) is 5.02 Å². The minimum absolute atomic E-state index is 0.0294. The molecule has 0 aliphatic rings. The first-order chi connectivity index (χ1) is 7.57. The van der Waals surface area contributed by atoms with Crippen molar-refractivity contribution in [1.29, 1.82) is 0 Å². The van der Waals surface area contributed by atoms with Crippen LogP contribution in [0.5, 0.6) is 0 Å². The van der Waals surface area contributed by atoms with E-state index in [0.717, 1.165) is 0 Å². The Balaban J connectivity index is 3.50. The van der Waals surface area contributed by atoms with Gasteiger partial charge in [0.15, 0.2) is 0 Å². The summed E-state index contributed by atoms with van der Waals surface area (Å²) in [4.78, 5) is 0. The first-order valence-corrected chi connectivity index (χ1v) is 5.01. The van der Waals surface area contributed by atoms with E-state index in [-0.39, 0.29) is 6.07 Å². The van der Waals surface area contributed by atoms with Crippen LogP contribution in [0.25, 0.3) is 0 Å². The van der Waals surface area contributed by atoms with E-state index in [1.54, 1.807) is 0 Å². The topological polar surface area (TPSA) is 0 Å². The second kappa shape index (κ2) is 4.57. The Morgan fingerprint density at radius 3 is 1.82 bits per heavy atom. The number of alkyl halides is 7. The van der Waals surface area contributed by atoms with Gasteiger partial charge >= 0.3 is 12.4 Å².